The molecule has 3 heterocycles. The summed E-state index contributed by atoms with van der Waals surface area (Å²) in [6.07, 6.45) is 3.82. The molecular formula is C24H30N6O4. The Morgan fingerprint density at radius 3 is 2.74 bits per heavy atom. The van der Waals surface area contributed by atoms with Gasteiger partial charge in [-0.25, -0.2) is 9.97 Å². The van der Waals surface area contributed by atoms with Crippen LogP contribution in [0.25, 0.3) is 11.2 Å². The second-order valence-corrected chi connectivity index (χ2v) is 8.50. The smallest absolute Gasteiger partial charge is 0.258 e. The van der Waals surface area contributed by atoms with E-state index in [0.29, 0.717) is 66.6 Å². The number of nitrogens with one attached hydrogen (secondary N) is 1. The summed E-state index contributed by atoms with van der Waals surface area (Å²) in [5.74, 6) is 0.154. The normalized spacial score (nSPS) is 14.5. The Morgan fingerprint density at radius 1 is 1.24 bits per heavy atom. The van der Waals surface area contributed by atoms with Gasteiger partial charge in [0.15, 0.2) is 5.65 Å². The number of piperidine rings is 1. The molecule has 4 rings (SSSR count). The Labute approximate surface area is 197 Å². The van der Waals surface area contributed by atoms with Gasteiger partial charge in [-0.05, 0) is 49.4 Å². The van der Waals surface area contributed by atoms with Gasteiger partial charge < -0.3 is 20.5 Å². The molecule has 0 spiro atoms. The van der Waals surface area contributed by atoms with Crippen molar-refractivity contribution in [2.75, 3.05) is 44.5 Å². The molecule has 180 valence electrons. The SMILES string of the molecule is COCCCn1c(NC(=O)c2cccc(N)c2)nc2cc(C(=O)N3CCC(CO)CC3)cnc21. The largest absolute Gasteiger partial charge is 0.399 e. The first-order valence-electron chi connectivity index (χ1n) is 11.4. The van der Waals surface area contributed by atoms with Crippen LogP contribution in [0.3, 0.4) is 0 Å². The zero-order valence-corrected chi connectivity index (χ0v) is 19.2. The maximum absolute atomic E-state index is 13.0. The number of fused-ring (bicyclic) bond motifs is 1. The van der Waals surface area contributed by atoms with E-state index in [1.54, 1.807) is 48.5 Å². The average Bonchev–Trinajstić information content (AvgIpc) is 3.19. The molecule has 0 unspecified atom stereocenters. The van der Waals surface area contributed by atoms with Crippen LogP contribution in [-0.2, 0) is 11.3 Å². The number of anilines is 2. The van der Waals surface area contributed by atoms with Crippen LogP contribution in [0.2, 0.25) is 0 Å². The van der Waals surface area contributed by atoms with Crippen molar-refractivity contribution in [3.05, 3.63) is 47.7 Å². The number of rotatable bonds is 8. The fourth-order valence-corrected chi connectivity index (χ4v) is 4.16. The third-order valence-electron chi connectivity index (χ3n) is 6.10. The van der Waals surface area contributed by atoms with Gasteiger partial charge in [0, 0.05) is 57.4 Å². The summed E-state index contributed by atoms with van der Waals surface area (Å²) < 4.78 is 6.99. The van der Waals surface area contributed by atoms with Gasteiger partial charge in [-0.15, -0.1) is 0 Å². The van der Waals surface area contributed by atoms with Crippen LogP contribution in [0.15, 0.2) is 36.5 Å². The Hall–Kier alpha value is -3.50. The molecule has 0 aliphatic carbocycles. The van der Waals surface area contributed by atoms with Crippen LogP contribution in [0.4, 0.5) is 11.6 Å². The van der Waals surface area contributed by atoms with E-state index in [9.17, 15) is 14.7 Å². The van der Waals surface area contributed by atoms with E-state index in [2.05, 4.69) is 15.3 Å². The second kappa shape index (κ2) is 10.6. The van der Waals surface area contributed by atoms with Crippen LogP contribution in [-0.4, -0.2) is 69.8 Å². The Bertz CT molecular complexity index is 1170. The molecule has 0 saturated carbocycles. The Morgan fingerprint density at radius 2 is 2.03 bits per heavy atom. The minimum atomic E-state index is -0.335. The summed E-state index contributed by atoms with van der Waals surface area (Å²) in [5, 5.41) is 12.2. The number of nitrogen functional groups attached to an aromatic ring is 1. The molecule has 1 aliphatic heterocycles. The second-order valence-electron chi connectivity index (χ2n) is 8.50. The predicted molar refractivity (Wildman–Crippen MR) is 129 cm³/mol. The molecule has 2 amide bonds. The molecule has 34 heavy (non-hydrogen) atoms. The summed E-state index contributed by atoms with van der Waals surface area (Å²) >= 11 is 0. The summed E-state index contributed by atoms with van der Waals surface area (Å²) in [6.45, 7) is 2.44. The molecule has 10 nitrogen and oxygen atoms in total. The lowest BCUT2D eigenvalue weighted by atomic mass is 9.97. The number of pyridine rings is 1. The minimum absolute atomic E-state index is 0.106. The van der Waals surface area contributed by atoms with Crippen LogP contribution >= 0.6 is 0 Å². The molecule has 4 N–H and O–H groups in total. The maximum atomic E-state index is 13.0. The van der Waals surface area contributed by atoms with Gasteiger partial charge in [-0.1, -0.05) is 6.07 Å². The van der Waals surface area contributed by atoms with Crippen LogP contribution in [0, 0.1) is 5.92 Å². The number of methoxy groups -OCH3 is 1. The number of likely N-dealkylation sites (tertiary alicyclic amines) is 1. The molecule has 0 radical (unpaired) electrons. The highest BCUT2D eigenvalue weighted by atomic mass is 16.5. The molecule has 2 aromatic heterocycles. The number of hydrogen-bond acceptors (Lipinski definition) is 7. The topological polar surface area (TPSA) is 136 Å². The number of benzene rings is 1. The number of aliphatic hydroxyl groups excluding tert-OH is 1. The fourth-order valence-electron chi connectivity index (χ4n) is 4.16. The highest BCUT2D eigenvalue weighted by molar-refractivity contribution is 6.04. The first-order valence-corrected chi connectivity index (χ1v) is 11.4. The number of aliphatic hydroxyl groups is 1. The average molecular weight is 467 g/mol. The molecular weight excluding hydrogens is 436 g/mol. The van der Waals surface area contributed by atoms with Gasteiger partial charge in [0.2, 0.25) is 5.95 Å². The molecule has 1 fully saturated rings. The zero-order valence-electron chi connectivity index (χ0n) is 19.2. The Balaban J connectivity index is 1.60. The first-order chi connectivity index (χ1) is 16.5. The van der Waals surface area contributed by atoms with Crippen molar-refractivity contribution >= 4 is 34.6 Å². The van der Waals surface area contributed by atoms with Gasteiger partial charge >= 0.3 is 0 Å². The number of nitrogens with zero attached hydrogens (tertiary/aromatic N) is 4. The third kappa shape index (κ3) is 5.18. The number of aromatic nitrogens is 3. The number of carbonyl (C=O) groups excluding carboxylic acids is 2. The molecule has 3 aromatic rings. The standard InChI is InChI=1S/C24H30N6O4/c1-34-11-3-8-30-21-20(27-24(30)28-22(32)17-4-2-5-19(25)12-17)13-18(14-26-21)23(33)29-9-6-16(15-31)7-10-29/h2,4-5,12-14,16,31H,3,6-11,15,25H2,1H3,(H,27,28,32). The van der Waals surface area contributed by atoms with Gasteiger partial charge in [-0.2, -0.15) is 0 Å². The molecule has 1 aliphatic rings. The van der Waals surface area contributed by atoms with Crippen molar-refractivity contribution in [2.24, 2.45) is 5.92 Å². The molecule has 1 saturated heterocycles. The lowest BCUT2D eigenvalue weighted by molar-refractivity contribution is 0.0650. The minimum Gasteiger partial charge on any atom is -0.399 e. The summed E-state index contributed by atoms with van der Waals surface area (Å²) in [4.78, 5) is 36.7. The highest BCUT2D eigenvalue weighted by Crippen LogP contribution is 2.23. The predicted octanol–water partition coefficient (Wildman–Crippen LogP) is 2.15. The van der Waals surface area contributed by atoms with Crippen molar-refractivity contribution in [3.63, 3.8) is 0 Å². The molecule has 10 heteroatoms. The summed E-state index contributed by atoms with van der Waals surface area (Å²) in [6, 6.07) is 8.42. The van der Waals surface area contributed by atoms with Crippen molar-refractivity contribution in [1.29, 1.82) is 0 Å². The van der Waals surface area contributed by atoms with Crippen molar-refractivity contribution in [2.45, 2.75) is 25.8 Å². The van der Waals surface area contributed by atoms with E-state index in [4.69, 9.17) is 10.5 Å². The summed E-state index contributed by atoms with van der Waals surface area (Å²) in [5.41, 5.74) is 8.28. The number of amides is 2. The van der Waals surface area contributed by atoms with E-state index in [1.807, 2.05) is 4.57 Å². The van der Waals surface area contributed by atoms with Crippen LogP contribution in [0.5, 0.6) is 0 Å². The number of carbonyl (C=O) groups is 2. The Kier molecular flexibility index (Phi) is 7.39. The number of imidazole rings is 1. The van der Waals surface area contributed by atoms with E-state index in [1.165, 1.54) is 0 Å². The van der Waals surface area contributed by atoms with Crippen LogP contribution < -0.4 is 11.1 Å². The van der Waals surface area contributed by atoms with E-state index in [-0.39, 0.29) is 24.3 Å². The fraction of sp³-hybridized carbons (Fsp3) is 0.417. The quantitative estimate of drug-likeness (QED) is 0.342. The number of aryl methyl sites for hydroxylation is 1. The number of ether oxygens (including phenoxy) is 1. The van der Waals surface area contributed by atoms with E-state index >= 15 is 0 Å². The molecule has 0 atom stereocenters. The van der Waals surface area contributed by atoms with Gasteiger partial charge in [0.05, 0.1) is 5.56 Å². The molecule has 1 aromatic carbocycles. The van der Waals surface area contributed by atoms with Crippen molar-refractivity contribution in [3.8, 4) is 0 Å². The monoisotopic (exact) mass is 466 g/mol. The third-order valence-corrected chi connectivity index (χ3v) is 6.10. The highest BCUT2D eigenvalue weighted by Gasteiger charge is 2.24. The number of hydrogen-bond donors (Lipinski definition) is 3. The van der Waals surface area contributed by atoms with Crippen LogP contribution in [0.1, 0.15) is 40.0 Å². The first kappa shape index (κ1) is 23.7. The van der Waals surface area contributed by atoms with Gasteiger partial charge in [0.25, 0.3) is 11.8 Å². The zero-order chi connectivity index (χ0) is 24.1. The lowest BCUT2D eigenvalue weighted by Gasteiger charge is -2.31. The molecule has 0 bridgehead atoms. The van der Waals surface area contributed by atoms with Gasteiger partial charge in [0.1, 0.15) is 5.52 Å². The number of nitrogens with two attached hydrogens (primary N) is 1. The van der Waals surface area contributed by atoms with Gasteiger partial charge in [-0.3, -0.25) is 19.5 Å². The van der Waals surface area contributed by atoms with E-state index in [0.717, 1.165) is 12.8 Å². The maximum Gasteiger partial charge on any atom is 0.258 e. The summed E-state index contributed by atoms with van der Waals surface area (Å²) in [7, 11) is 1.63. The lowest BCUT2D eigenvalue weighted by Crippen LogP contribution is -2.39. The van der Waals surface area contributed by atoms with E-state index < -0.39 is 0 Å². The van der Waals surface area contributed by atoms with Crippen molar-refractivity contribution in [1.82, 2.24) is 19.4 Å². The van der Waals surface area contributed by atoms with Crippen molar-refractivity contribution < 1.29 is 19.4 Å².